The molecule has 1 aromatic carbocycles. The second-order valence-electron chi connectivity index (χ2n) is 5.02. The molecule has 1 N–H and O–H groups in total. The lowest BCUT2D eigenvalue weighted by Crippen LogP contribution is -2.44. The van der Waals surface area contributed by atoms with E-state index in [9.17, 15) is 4.79 Å². The molecule has 0 aromatic heterocycles. The van der Waals surface area contributed by atoms with Crippen LogP contribution in [0.25, 0.3) is 0 Å². The summed E-state index contributed by atoms with van der Waals surface area (Å²) in [7, 11) is 1.88. The molecule has 0 aliphatic carbocycles. The first-order valence-corrected chi connectivity index (χ1v) is 6.60. The second kappa shape index (κ2) is 4.61. The molecule has 0 atom stereocenters. The molecular formula is C14H19N3O. The van der Waals surface area contributed by atoms with Crippen molar-refractivity contribution in [2.24, 2.45) is 0 Å². The normalized spacial score (nSPS) is 19.9. The van der Waals surface area contributed by atoms with Crippen LogP contribution in [-0.2, 0) is 6.42 Å². The maximum atomic E-state index is 12.1. The molecule has 0 unspecified atom stereocenters. The lowest BCUT2D eigenvalue weighted by Gasteiger charge is -2.34. The maximum absolute atomic E-state index is 12.1. The third kappa shape index (κ3) is 1.86. The Labute approximate surface area is 108 Å². The average molecular weight is 245 g/mol. The van der Waals surface area contributed by atoms with Crippen LogP contribution in [0.1, 0.15) is 15.9 Å². The van der Waals surface area contributed by atoms with E-state index in [-0.39, 0.29) is 5.91 Å². The third-order valence-electron chi connectivity index (χ3n) is 3.88. The zero-order valence-electron chi connectivity index (χ0n) is 10.8. The van der Waals surface area contributed by atoms with Crippen molar-refractivity contribution in [2.45, 2.75) is 6.42 Å². The lowest BCUT2D eigenvalue weighted by atomic mass is 9.96. The van der Waals surface area contributed by atoms with Gasteiger partial charge < -0.3 is 15.1 Å². The van der Waals surface area contributed by atoms with Crippen LogP contribution in [-0.4, -0.2) is 50.6 Å². The minimum Gasteiger partial charge on any atom is -0.369 e. The SMILES string of the molecule is CN1CCc2c(cccc2N2CCNCC2)C1=O. The molecule has 4 heteroatoms. The Morgan fingerprint density at radius 1 is 1.17 bits per heavy atom. The van der Waals surface area contributed by atoms with E-state index in [4.69, 9.17) is 0 Å². The molecule has 0 saturated carbocycles. The van der Waals surface area contributed by atoms with Crippen molar-refractivity contribution >= 4 is 11.6 Å². The zero-order chi connectivity index (χ0) is 12.5. The van der Waals surface area contributed by atoms with Crippen molar-refractivity contribution in [3.8, 4) is 0 Å². The Bertz CT molecular complexity index is 466. The summed E-state index contributed by atoms with van der Waals surface area (Å²) in [5, 5.41) is 3.36. The molecule has 96 valence electrons. The predicted octanol–water partition coefficient (Wildman–Crippen LogP) is 0.724. The van der Waals surface area contributed by atoms with Gasteiger partial charge in [-0.15, -0.1) is 0 Å². The summed E-state index contributed by atoms with van der Waals surface area (Å²) in [4.78, 5) is 16.4. The van der Waals surface area contributed by atoms with E-state index in [1.165, 1.54) is 11.3 Å². The molecule has 1 amide bonds. The van der Waals surface area contributed by atoms with Crippen LogP contribution in [0.2, 0.25) is 0 Å². The first-order chi connectivity index (χ1) is 8.77. The fourth-order valence-electron chi connectivity index (χ4n) is 2.83. The second-order valence-corrected chi connectivity index (χ2v) is 5.02. The standard InChI is InChI=1S/C14H19N3O/c1-16-8-5-11-12(14(16)18)3-2-4-13(11)17-9-6-15-7-10-17/h2-4,15H,5-10H2,1H3. The summed E-state index contributed by atoms with van der Waals surface area (Å²) in [5.41, 5.74) is 3.39. The molecule has 2 aliphatic heterocycles. The number of benzene rings is 1. The molecule has 1 saturated heterocycles. The van der Waals surface area contributed by atoms with Gasteiger partial charge in [0.25, 0.3) is 5.91 Å². The summed E-state index contributed by atoms with van der Waals surface area (Å²) < 4.78 is 0. The van der Waals surface area contributed by atoms with Gasteiger partial charge in [-0.3, -0.25) is 4.79 Å². The topological polar surface area (TPSA) is 35.6 Å². The van der Waals surface area contributed by atoms with Crippen molar-refractivity contribution in [3.63, 3.8) is 0 Å². The van der Waals surface area contributed by atoms with Crippen LogP contribution in [0, 0.1) is 0 Å². The summed E-state index contributed by atoms with van der Waals surface area (Å²) in [5.74, 6) is 0.160. The van der Waals surface area contributed by atoms with Crippen LogP contribution in [0.5, 0.6) is 0 Å². The van der Waals surface area contributed by atoms with E-state index in [2.05, 4.69) is 16.3 Å². The number of carbonyl (C=O) groups is 1. The minimum absolute atomic E-state index is 0.160. The first-order valence-electron chi connectivity index (χ1n) is 6.60. The highest BCUT2D eigenvalue weighted by Crippen LogP contribution is 2.28. The lowest BCUT2D eigenvalue weighted by molar-refractivity contribution is 0.0781. The van der Waals surface area contributed by atoms with E-state index < -0.39 is 0 Å². The molecule has 18 heavy (non-hydrogen) atoms. The van der Waals surface area contributed by atoms with Gasteiger partial charge in [0, 0.05) is 51.0 Å². The van der Waals surface area contributed by atoms with Gasteiger partial charge in [-0.25, -0.2) is 0 Å². The van der Waals surface area contributed by atoms with Crippen LogP contribution in [0.4, 0.5) is 5.69 Å². The number of anilines is 1. The number of likely N-dealkylation sites (N-methyl/N-ethyl adjacent to an activating group) is 1. The van der Waals surface area contributed by atoms with Gasteiger partial charge in [-0.05, 0) is 24.1 Å². The van der Waals surface area contributed by atoms with Crippen molar-refractivity contribution < 1.29 is 4.79 Å². The van der Waals surface area contributed by atoms with Gasteiger partial charge in [0.2, 0.25) is 0 Å². The van der Waals surface area contributed by atoms with Crippen LogP contribution < -0.4 is 10.2 Å². The first kappa shape index (κ1) is 11.5. The number of fused-ring (bicyclic) bond motifs is 1. The number of rotatable bonds is 1. The van der Waals surface area contributed by atoms with Gasteiger partial charge in [0.15, 0.2) is 0 Å². The van der Waals surface area contributed by atoms with E-state index in [1.54, 1.807) is 0 Å². The Hall–Kier alpha value is -1.55. The molecule has 0 radical (unpaired) electrons. The molecule has 0 bridgehead atoms. The summed E-state index contributed by atoms with van der Waals surface area (Å²) in [6, 6.07) is 6.12. The van der Waals surface area contributed by atoms with Gasteiger partial charge in [-0.2, -0.15) is 0 Å². The Morgan fingerprint density at radius 2 is 1.94 bits per heavy atom. The van der Waals surface area contributed by atoms with E-state index >= 15 is 0 Å². The van der Waals surface area contributed by atoms with Gasteiger partial charge in [-0.1, -0.05) is 6.07 Å². The summed E-state index contributed by atoms with van der Waals surface area (Å²) in [6.07, 6.45) is 0.970. The van der Waals surface area contributed by atoms with Gasteiger partial charge >= 0.3 is 0 Å². The van der Waals surface area contributed by atoms with Crippen molar-refractivity contribution in [1.29, 1.82) is 0 Å². The minimum atomic E-state index is 0.160. The Morgan fingerprint density at radius 3 is 2.72 bits per heavy atom. The molecule has 0 spiro atoms. The average Bonchev–Trinajstić information content (AvgIpc) is 2.43. The number of nitrogens with zero attached hydrogens (tertiary/aromatic N) is 2. The Balaban J connectivity index is 1.98. The number of nitrogens with one attached hydrogen (secondary N) is 1. The van der Waals surface area contributed by atoms with Crippen LogP contribution in [0.3, 0.4) is 0 Å². The third-order valence-corrected chi connectivity index (χ3v) is 3.88. The number of carbonyl (C=O) groups excluding carboxylic acids is 1. The van der Waals surface area contributed by atoms with Gasteiger partial charge in [0.1, 0.15) is 0 Å². The van der Waals surface area contributed by atoms with Crippen LogP contribution >= 0.6 is 0 Å². The highest BCUT2D eigenvalue weighted by Gasteiger charge is 2.25. The molecule has 4 nitrogen and oxygen atoms in total. The monoisotopic (exact) mass is 245 g/mol. The smallest absolute Gasteiger partial charge is 0.253 e. The molecule has 2 aliphatic rings. The predicted molar refractivity (Wildman–Crippen MR) is 72.2 cm³/mol. The van der Waals surface area contributed by atoms with Crippen LogP contribution in [0.15, 0.2) is 18.2 Å². The maximum Gasteiger partial charge on any atom is 0.253 e. The van der Waals surface area contributed by atoms with Gasteiger partial charge in [0.05, 0.1) is 0 Å². The summed E-state index contributed by atoms with van der Waals surface area (Å²) >= 11 is 0. The molecule has 1 fully saturated rings. The van der Waals surface area contributed by atoms with E-state index in [1.807, 2.05) is 24.1 Å². The molecule has 1 aromatic rings. The fraction of sp³-hybridized carbons (Fsp3) is 0.500. The fourth-order valence-corrected chi connectivity index (χ4v) is 2.83. The number of piperazine rings is 1. The summed E-state index contributed by atoms with van der Waals surface area (Å²) in [6.45, 7) is 4.94. The highest BCUT2D eigenvalue weighted by molar-refractivity contribution is 5.98. The zero-order valence-corrected chi connectivity index (χ0v) is 10.8. The van der Waals surface area contributed by atoms with E-state index in [0.29, 0.717) is 0 Å². The van der Waals surface area contributed by atoms with E-state index in [0.717, 1.165) is 44.7 Å². The van der Waals surface area contributed by atoms with Crippen molar-refractivity contribution in [2.75, 3.05) is 44.7 Å². The number of hydrogen-bond acceptors (Lipinski definition) is 3. The number of hydrogen-bond donors (Lipinski definition) is 1. The van der Waals surface area contributed by atoms with Crippen molar-refractivity contribution in [3.05, 3.63) is 29.3 Å². The number of amides is 1. The highest BCUT2D eigenvalue weighted by atomic mass is 16.2. The van der Waals surface area contributed by atoms with Crippen molar-refractivity contribution in [1.82, 2.24) is 10.2 Å². The largest absolute Gasteiger partial charge is 0.369 e. The quantitative estimate of drug-likeness (QED) is 0.792. The molecule has 2 heterocycles. The molecule has 3 rings (SSSR count). The Kier molecular flexibility index (Phi) is 2.96. The molecular weight excluding hydrogens is 226 g/mol.